The Morgan fingerprint density at radius 1 is 1.07 bits per heavy atom. The van der Waals surface area contributed by atoms with E-state index in [4.69, 9.17) is 4.74 Å². The zero-order valence-corrected chi connectivity index (χ0v) is 16.0. The molecule has 2 bridgehead atoms. The lowest BCUT2D eigenvalue weighted by Crippen LogP contribution is -2.31. The van der Waals surface area contributed by atoms with Gasteiger partial charge in [0.25, 0.3) is 0 Å². The zero-order valence-electron chi connectivity index (χ0n) is 16.0. The molecule has 0 aliphatic carbocycles. The Labute approximate surface area is 161 Å². The maximum atomic E-state index is 5.51. The monoisotopic (exact) mass is 360 g/mol. The van der Waals surface area contributed by atoms with Gasteiger partial charge in [0.05, 0.1) is 7.11 Å². The number of aromatic nitrogens is 1. The molecule has 2 saturated heterocycles. The summed E-state index contributed by atoms with van der Waals surface area (Å²) in [5, 5.41) is 1.42. The summed E-state index contributed by atoms with van der Waals surface area (Å²) >= 11 is 0. The summed E-state index contributed by atoms with van der Waals surface area (Å²) in [5.41, 5.74) is 4.14. The second-order valence-electron chi connectivity index (χ2n) is 8.08. The van der Waals surface area contributed by atoms with Crippen LogP contribution in [0.3, 0.4) is 0 Å². The standard InChI is InChI=1S/C24H28N2O/c1-27-24-11-5-2-7-17(24)8-6-14-26-18-12-13-23(26)20(15-18)21-16-25-22-10-4-3-9-19(21)22/h2-5,7,9-11,16,18,20,23,25H,6,8,12-15H2,1H3. The molecule has 0 amide bonds. The highest BCUT2D eigenvalue weighted by Gasteiger charge is 2.46. The summed E-state index contributed by atoms with van der Waals surface area (Å²) in [6, 6.07) is 18.7. The van der Waals surface area contributed by atoms with Crippen LogP contribution in [0.4, 0.5) is 0 Å². The third-order valence-electron chi connectivity index (χ3n) is 6.76. The van der Waals surface area contributed by atoms with Gasteiger partial charge < -0.3 is 9.72 Å². The number of aryl methyl sites for hydroxylation is 1. The predicted octanol–water partition coefficient (Wildman–Crippen LogP) is 5.13. The SMILES string of the molecule is COc1ccccc1CCCN1C2CCC1C(c1c[nH]c3ccccc13)C2. The van der Waals surface area contributed by atoms with Gasteiger partial charge in [0.15, 0.2) is 0 Å². The number of rotatable bonds is 6. The van der Waals surface area contributed by atoms with Crippen molar-refractivity contribution in [2.24, 2.45) is 0 Å². The molecule has 3 heteroatoms. The highest BCUT2D eigenvalue weighted by molar-refractivity contribution is 5.83. The lowest BCUT2D eigenvalue weighted by molar-refractivity contribution is 0.245. The summed E-state index contributed by atoms with van der Waals surface area (Å²) in [7, 11) is 1.77. The van der Waals surface area contributed by atoms with Crippen molar-refractivity contribution in [3.63, 3.8) is 0 Å². The van der Waals surface area contributed by atoms with Crippen molar-refractivity contribution < 1.29 is 4.74 Å². The van der Waals surface area contributed by atoms with E-state index in [1.807, 2.05) is 0 Å². The van der Waals surface area contributed by atoms with Crippen molar-refractivity contribution in [3.05, 3.63) is 65.9 Å². The van der Waals surface area contributed by atoms with Gasteiger partial charge in [0.1, 0.15) is 5.75 Å². The first-order chi connectivity index (χ1) is 13.3. The van der Waals surface area contributed by atoms with Crippen LogP contribution in [0.5, 0.6) is 5.75 Å². The summed E-state index contributed by atoms with van der Waals surface area (Å²) in [6.07, 6.45) is 8.61. The number of methoxy groups -OCH3 is 1. The summed E-state index contributed by atoms with van der Waals surface area (Å²) < 4.78 is 5.51. The molecular formula is C24H28N2O. The number of nitrogens with one attached hydrogen (secondary N) is 1. The van der Waals surface area contributed by atoms with Crippen molar-refractivity contribution in [2.75, 3.05) is 13.7 Å². The predicted molar refractivity (Wildman–Crippen MR) is 110 cm³/mol. The normalized spacial score (nSPS) is 24.7. The fraction of sp³-hybridized carbons (Fsp3) is 0.417. The van der Waals surface area contributed by atoms with Crippen LogP contribution in [0, 0.1) is 0 Å². The van der Waals surface area contributed by atoms with Crippen LogP contribution in [-0.2, 0) is 6.42 Å². The molecule has 27 heavy (non-hydrogen) atoms. The van der Waals surface area contributed by atoms with Crippen molar-refractivity contribution in [1.29, 1.82) is 0 Å². The lowest BCUT2D eigenvalue weighted by Gasteiger charge is -2.24. The van der Waals surface area contributed by atoms with Crippen molar-refractivity contribution in [3.8, 4) is 5.75 Å². The van der Waals surface area contributed by atoms with Crippen LogP contribution in [-0.4, -0.2) is 35.6 Å². The maximum absolute atomic E-state index is 5.51. The van der Waals surface area contributed by atoms with Crippen LogP contribution in [0.1, 0.15) is 42.7 Å². The van der Waals surface area contributed by atoms with Crippen molar-refractivity contribution in [1.82, 2.24) is 9.88 Å². The molecule has 0 saturated carbocycles. The first kappa shape index (κ1) is 16.9. The average molecular weight is 361 g/mol. The van der Waals surface area contributed by atoms with Gasteiger partial charge in [-0.2, -0.15) is 0 Å². The van der Waals surface area contributed by atoms with Gasteiger partial charge in [-0.1, -0.05) is 36.4 Å². The molecule has 3 aromatic rings. The first-order valence-corrected chi connectivity index (χ1v) is 10.3. The molecule has 5 rings (SSSR count). The number of aromatic amines is 1. The highest BCUT2D eigenvalue weighted by atomic mass is 16.5. The van der Waals surface area contributed by atoms with Crippen molar-refractivity contribution in [2.45, 2.75) is 50.1 Å². The van der Waals surface area contributed by atoms with E-state index in [0.717, 1.165) is 18.2 Å². The number of hydrogen-bond acceptors (Lipinski definition) is 2. The second kappa shape index (κ2) is 7.05. The quantitative estimate of drug-likeness (QED) is 0.660. The Morgan fingerprint density at radius 2 is 1.93 bits per heavy atom. The molecule has 2 aliphatic rings. The summed E-state index contributed by atoms with van der Waals surface area (Å²) in [4.78, 5) is 6.29. The van der Waals surface area contributed by atoms with Gasteiger partial charge in [-0.3, -0.25) is 4.90 Å². The molecule has 3 heterocycles. The molecule has 3 nitrogen and oxygen atoms in total. The number of hydrogen-bond donors (Lipinski definition) is 1. The summed E-state index contributed by atoms with van der Waals surface area (Å²) in [6.45, 7) is 1.20. The Morgan fingerprint density at radius 3 is 2.85 bits per heavy atom. The molecule has 1 N–H and O–H groups in total. The van der Waals surface area contributed by atoms with E-state index in [0.29, 0.717) is 12.0 Å². The second-order valence-corrected chi connectivity index (χ2v) is 8.08. The van der Waals surface area contributed by atoms with E-state index < -0.39 is 0 Å². The molecule has 1 aromatic heterocycles. The fourth-order valence-corrected chi connectivity index (χ4v) is 5.55. The van der Waals surface area contributed by atoms with Crippen LogP contribution in [0.15, 0.2) is 54.7 Å². The smallest absolute Gasteiger partial charge is 0.122 e. The lowest BCUT2D eigenvalue weighted by atomic mass is 9.84. The molecule has 3 atom stereocenters. The van der Waals surface area contributed by atoms with E-state index in [1.165, 1.54) is 54.3 Å². The van der Waals surface area contributed by atoms with Crippen LogP contribution >= 0.6 is 0 Å². The third kappa shape index (κ3) is 2.94. The molecule has 0 radical (unpaired) electrons. The average Bonchev–Trinajstić information content (AvgIpc) is 3.41. The number of benzene rings is 2. The Balaban J connectivity index is 1.28. The summed E-state index contributed by atoms with van der Waals surface area (Å²) in [5.74, 6) is 1.71. The minimum Gasteiger partial charge on any atom is -0.496 e. The van der Waals surface area contributed by atoms with Gasteiger partial charge in [-0.15, -0.1) is 0 Å². The van der Waals surface area contributed by atoms with E-state index >= 15 is 0 Å². The molecule has 2 aliphatic heterocycles. The number of para-hydroxylation sites is 2. The van der Waals surface area contributed by atoms with Crippen molar-refractivity contribution >= 4 is 10.9 Å². The van der Waals surface area contributed by atoms with Crippen LogP contribution in [0.25, 0.3) is 10.9 Å². The molecule has 0 spiro atoms. The van der Waals surface area contributed by atoms with E-state index in [9.17, 15) is 0 Å². The van der Waals surface area contributed by atoms with Gasteiger partial charge in [-0.25, -0.2) is 0 Å². The molecule has 140 valence electrons. The first-order valence-electron chi connectivity index (χ1n) is 10.3. The Kier molecular flexibility index (Phi) is 4.41. The van der Waals surface area contributed by atoms with E-state index in [2.05, 4.69) is 64.6 Å². The van der Waals surface area contributed by atoms with E-state index in [1.54, 1.807) is 7.11 Å². The van der Waals surface area contributed by atoms with Crippen LogP contribution in [0.2, 0.25) is 0 Å². The molecule has 3 unspecified atom stereocenters. The fourth-order valence-electron chi connectivity index (χ4n) is 5.55. The number of ether oxygens (including phenoxy) is 1. The van der Waals surface area contributed by atoms with E-state index in [-0.39, 0.29) is 0 Å². The van der Waals surface area contributed by atoms with Gasteiger partial charge in [-0.05, 0) is 61.9 Å². The molecule has 2 aromatic carbocycles. The number of fused-ring (bicyclic) bond motifs is 3. The largest absolute Gasteiger partial charge is 0.496 e. The minimum absolute atomic E-state index is 0.686. The van der Waals surface area contributed by atoms with Gasteiger partial charge in [0, 0.05) is 35.1 Å². The van der Waals surface area contributed by atoms with Gasteiger partial charge in [0.2, 0.25) is 0 Å². The third-order valence-corrected chi connectivity index (χ3v) is 6.76. The number of nitrogens with zero attached hydrogens (tertiary/aromatic N) is 1. The molecular weight excluding hydrogens is 332 g/mol. The Bertz CT molecular complexity index is 931. The maximum Gasteiger partial charge on any atom is 0.122 e. The topological polar surface area (TPSA) is 28.3 Å². The Hall–Kier alpha value is -2.26. The highest BCUT2D eigenvalue weighted by Crippen LogP contribution is 2.48. The minimum atomic E-state index is 0.686. The zero-order chi connectivity index (χ0) is 18.2. The van der Waals surface area contributed by atoms with Crippen LogP contribution < -0.4 is 4.74 Å². The number of H-pyrrole nitrogens is 1. The molecule has 2 fully saturated rings. The van der Waals surface area contributed by atoms with Gasteiger partial charge >= 0.3 is 0 Å².